The minimum absolute atomic E-state index is 0.257. The molecule has 0 fully saturated rings. The van der Waals surface area contributed by atoms with Crippen LogP contribution in [0, 0.1) is 13.8 Å². The molecule has 2 aromatic heterocycles. The van der Waals surface area contributed by atoms with Crippen molar-refractivity contribution in [1.82, 2.24) is 4.57 Å². The number of furan rings is 1. The minimum atomic E-state index is 0.257. The van der Waals surface area contributed by atoms with E-state index in [9.17, 15) is 5.11 Å². The third-order valence-corrected chi connectivity index (χ3v) is 10.7. The summed E-state index contributed by atoms with van der Waals surface area (Å²) in [6.07, 6.45) is 4.35. The van der Waals surface area contributed by atoms with Gasteiger partial charge in [-0.2, -0.15) is 4.57 Å². The van der Waals surface area contributed by atoms with Gasteiger partial charge in [0, 0.05) is 27.5 Å². The van der Waals surface area contributed by atoms with Crippen LogP contribution >= 0.6 is 0 Å². The SMILES string of the molecule is Cc1ccc(-c2ccc(-c3ccc4oc5cc(-c6ccccc6)ccc5c4c3)cc2O)c(C)c1-c1n(-c2c(C(C)C)cccc2C(C)C)cc[n+]1C. The molecule has 8 aromatic rings. The fourth-order valence-corrected chi connectivity index (χ4v) is 7.93. The number of imidazole rings is 1. The summed E-state index contributed by atoms with van der Waals surface area (Å²) >= 11 is 0. The molecule has 4 heteroatoms. The highest BCUT2D eigenvalue weighted by atomic mass is 16.3. The molecular formula is C48H45N2O2+. The lowest BCUT2D eigenvalue weighted by Crippen LogP contribution is -2.30. The van der Waals surface area contributed by atoms with Crippen LogP contribution in [0.15, 0.2) is 132 Å². The molecule has 0 spiro atoms. The highest BCUT2D eigenvalue weighted by Crippen LogP contribution is 2.42. The number of hydrogen-bond donors (Lipinski definition) is 1. The number of phenolic OH excluding ortho intramolecular Hbond substituents is 1. The van der Waals surface area contributed by atoms with Gasteiger partial charge in [-0.3, -0.25) is 0 Å². The number of aromatic nitrogens is 2. The fourth-order valence-electron chi connectivity index (χ4n) is 7.93. The minimum Gasteiger partial charge on any atom is -0.507 e. The van der Waals surface area contributed by atoms with Crippen molar-refractivity contribution in [1.29, 1.82) is 0 Å². The number of fused-ring (bicyclic) bond motifs is 3. The number of benzene rings is 6. The lowest BCUT2D eigenvalue weighted by molar-refractivity contribution is -0.659. The molecule has 0 saturated heterocycles. The van der Waals surface area contributed by atoms with E-state index in [1.807, 2.05) is 18.2 Å². The van der Waals surface area contributed by atoms with E-state index in [0.29, 0.717) is 11.8 Å². The first-order valence-electron chi connectivity index (χ1n) is 18.3. The molecule has 8 rings (SSSR count). The maximum Gasteiger partial charge on any atom is 0.294 e. The summed E-state index contributed by atoms with van der Waals surface area (Å²) < 4.78 is 10.9. The van der Waals surface area contributed by atoms with Gasteiger partial charge in [-0.25, -0.2) is 4.57 Å². The molecule has 0 aliphatic carbocycles. The monoisotopic (exact) mass is 681 g/mol. The van der Waals surface area contributed by atoms with E-state index in [1.165, 1.54) is 27.9 Å². The Morgan fingerprint density at radius 3 is 1.98 bits per heavy atom. The van der Waals surface area contributed by atoms with Gasteiger partial charge < -0.3 is 9.52 Å². The first kappa shape index (κ1) is 33.3. The highest BCUT2D eigenvalue weighted by molar-refractivity contribution is 6.07. The summed E-state index contributed by atoms with van der Waals surface area (Å²) in [4.78, 5) is 0. The van der Waals surface area contributed by atoms with Gasteiger partial charge in [0.05, 0.1) is 12.6 Å². The molecule has 258 valence electrons. The van der Waals surface area contributed by atoms with Crippen LogP contribution < -0.4 is 4.57 Å². The molecule has 1 N–H and O–H groups in total. The summed E-state index contributed by atoms with van der Waals surface area (Å²) in [5.74, 6) is 2.13. The van der Waals surface area contributed by atoms with Gasteiger partial charge in [-0.15, -0.1) is 0 Å². The second kappa shape index (κ2) is 13.0. The Morgan fingerprint density at radius 1 is 0.615 bits per heavy atom. The van der Waals surface area contributed by atoms with Crippen LogP contribution in [-0.4, -0.2) is 9.67 Å². The Morgan fingerprint density at radius 2 is 1.27 bits per heavy atom. The van der Waals surface area contributed by atoms with Gasteiger partial charge in [-0.05, 0) is 95.0 Å². The van der Waals surface area contributed by atoms with Crippen molar-refractivity contribution < 1.29 is 14.1 Å². The van der Waals surface area contributed by atoms with Crippen LogP contribution in [0.25, 0.3) is 72.4 Å². The van der Waals surface area contributed by atoms with Gasteiger partial charge >= 0.3 is 0 Å². The van der Waals surface area contributed by atoms with E-state index in [4.69, 9.17) is 4.42 Å². The van der Waals surface area contributed by atoms with Crippen molar-refractivity contribution >= 4 is 21.9 Å². The zero-order valence-corrected chi connectivity index (χ0v) is 31.0. The second-order valence-electron chi connectivity index (χ2n) is 14.7. The summed E-state index contributed by atoms with van der Waals surface area (Å²) in [6, 6.07) is 40.2. The molecule has 2 heterocycles. The number of nitrogens with zero attached hydrogens (tertiary/aromatic N) is 2. The largest absolute Gasteiger partial charge is 0.507 e. The van der Waals surface area contributed by atoms with Crippen molar-refractivity contribution in [2.24, 2.45) is 7.05 Å². The maximum atomic E-state index is 11.7. The molecule has 6 aromatic carbocycles. The van der Waals surface area contributed by atoms with Gasteiger partial charge in [0.25, 0.3) is 5.82 Å². The van der Waals surface area contributed by atoms with Gasteiger partial charge in [0.1, 0.15) is 35.0 Å². The van der Waals surface area contributed by atoms with E-state index in [0.717, 1.165) is 66.7 Å². The number of aromatic hydroxyl groups is 1. The Balaban J connectivity index is 1.19. The number of rotatable bonds is 7. The average Bonchev–Trinajstić information content (AvgIpc) is 3.71. The molecule has 0 atom stereocenters. The summed E-state index contributed by atoms with van der Waals surface area (Å²) in [7, 11) is 2.12. The van der Waals surface area contributed by atoms with Crippen LogP contribution in [0.3, 0.4) is 0 Å². The van der Waals surface area contributed by atoms with E-state index < -0.39 is 0 Å². The molecule has 0 aliphatic rings. The lowest BCUT2D eigenvalue weighted by Gasteiger charge is -2.19. The predicted octanol–water partition coefficient (Wildman–Crippen LogP) is 12.4. The van der Waals surface area contributed by atoms with Crippen LogP contribution in [0.5, 0.6) is 5.75 Å². The van der Waals surface area contributed by atoms with E-state index in [1.54, 1.807) is 0 Å². The Hall–Kier alpha value is -5.87. The molecule has 0 amide bonds. The van der Waals surface area contributed by atoms with Crippen molar-refractivity contribution in [3.63, 3.8) is 0 Å². The molecule has 0 saturated carbocycles. The van der Waals surface area contributed by atoms with Crippen LogP contribution in [-0.2, 0) is 7.05 Å². The van der Waals surface area contributed by atoms with Gasteiger partial charge in [-0.1, -0.05) is 113 Å². The number of aryl methyl sites for hydroxylation is 2. The predicted molar refractivity (Wildman–Crippen MR) is 215 cm³/mol. The Kier molecular flexibility index (Phi) is 8.34. The van der Waals surface area contributed by atoms with Crippen LogP contribution in [0.4, 0.5) is 0 Å². The summed E-state index contributed by atoms with van der Waals surface area (Å²) in [5, 5.41) is 13.8. The van der Waals surface area contributed by atoms with E-state index in [2.05, 4.69) is 167 Å². The van der Waals surface area contributed by atoms with Crippen molar-refractivity contribution in [3.05, 3.63) is 150 Å². The maximum absolute atomic E-state index is 11.7. The van der Waals surface area contributed by atoms with Crippen molar-refractivity contribution in [2.45, 2.75) is 53.4 Å². The van der Waals surface area contributed by atoms with Crippen molar-refractivity contribution in [3.8, 4) is 56.2 Å². The molecule has 0 aliphatic heterocycles. The summed E-state index contributed by atoms with van der Waals surface area (Å²) in [5.41, 5.74) is 15.3. The van der Waals surface area contributed by atoms with Crippen LogP contribution in [0.1, 0.15) is 61.8 Å². The zero-order chi connectivity index (χ0) is 36.3. The average molecular weight is 682 g/mol. The smallest absolute Gasteiger partial charge is 0.294 e. The number of phenols is 1. The normalized spacial score (nSPS) is 11.8. The standard InChI is InChI=1S/C48H44N2O2/c1-29(2)37-14-11-15-38(30(3)4)47(37)50-25-24-49(7)48(50)46-31(5)16-20-39(32(46)6)40-21-17-35(27-43(40)51)34-19-23-44-42(26-34)41-22-18-36(28-45(41)52-44)33-12-9-8-10-13-33/h8-30H,1-7H3/p+1. The fraction of sp³-hybridized carbons (Fsp3) is 0.188. The first-order chi connectivity index (χ1) is 25.1. The van der Waals surface area contributed by atoms with E-state index >= 15 is 0 Å². The Bertz CT molecular complexity index is 2590. The van der Waals surface area contributed by atoms with Crippen molar-refractivity contribution in [2.75, 3.05) is 0 Å². The number of hydrogen-bond acceptors (Lipinski definition) is 2. The van der Waals surface area contributed by atoms with Gasteiger partial charge in [0.15, 0.2) is 0 Å². The third-order valence-electron chi connectivity index (χ3n) is 10.7. The summed E-state index contributed by atoms with van der Waals surface area (Å²) in [6.45, 7) is 13.4. The topological polar surface area (TPSA) is 42.2 Å². The van der Waals surface area contributed by atoms with E-state index in [-0.39, 0.29) is 5.75 Å². The molecule has 4 nitrogen and oxygen atoms in total. The first-order valence-corrected chi connectivity index (χ1v) is 18.3. The third kappa shape index (κ3) is 5.59. The molecule has 52 heavy (non-hydrogen) atoms. The molecule has 0 bridgehead atoms. The van der Waals surface area contributed by atoms with Gasteiger partial charge in [0.2, 0.25) is 0 Å². The zero-order valence-electron chi connectivity index (χ0n) is 31.0. The lowest BCUT2D eigenvalue weighted by atomic mass is 9.90. The highest BCUT2D eigenvalue weighted by Gasteiger charge is 2.29. The quantitative estimate of drug-likeness (QED) is 0.170. The Labute approximate surface area is 306 Å². The molecule has 0 unspecified atom stereocenters. The number of para-hydroxylation sites is 1. The second-order valence-corrected chi connectivity index (χ2v) is 14.7. The van der Waals surface area contributed by atoms with Crippen LogP contribution in [0.2, 0.25) is 0 Å². The molecular weight excluding hydrogens is 637 g/mol. The molecule has 0 radical (unpaired) electrons.